The van der Waals surface area contributed by atoms with Crippen molar-refractivity contribution in [1.82, 2.24) is 9.97 Å². The summed E-state index contributed by atoms with van der Waals surface area (Å²) in [6, 6.07) is 2.29. The number of ether oxygens (including phenoxy) is 1. The third kappa shape index (κ3) is 1.97. The molecule has 78 valence electrons. The Bertz CT molecular complexity index is 396. The quantitative estimate of drug-likeness (QED) is 0.733. The molecule has 0 saturated carbocycles. The van der Waals surface area contributed by atoms with Gasteiger partial charge in [-0.05, 0) is 0 Å². The Balaban J connectivity index is 2.21. The highest BCUT2D eigenvalue weighted by atomic mass is 16.5. The van der Waals surface area contributed by atoms with Crippen molar-refractivity contribution in [2.75, 3.05) is 30.9 Å². The van der Waals surface area contributed by atoms with E-state index < -0.39 is 0 Å². The van der Waals surface area contributed by atoms with Gasteiger partial charge in [0.25, 0.3) is 0 Å². The smallest absolute Gasteiger partial charge is 0.224 e. The second-order valence-electron chi connectivity index (χ2n) is 3.20. The van der Waals surface area contributed by atoms with Gasteiger partial charge in [0.2, 0.25) is 5.95 Å². The topological polar surface area (TPSA) is 82.9 Å². The summed E-state index contributed by atoms with van der Waals surface area (Å²) in [6.07, 6.45) is 1.50. The number of nitrogens with one attached hydrogen (secondary N) is 2. The summed E-state index contributed by atoms with van der Waals surface area (Å²) in [5, 5.41) is 14.8. The van der Waals surface area contributed by atoms with Crippen LogP contribution < -0.4 is 10.6 Å². The molecule has 0 amide bonds. The Morgan fingerprint density at radius 3 is 2.93 bits per heavy atom. The van der Waals surface area contributed by atoms with Crippen LogP contribution >= 0.6 is 0 Å². The van der Waals surface area contributed by atoms with E-state index in [-0.39, 0.29) is 6.04 Å². The highest BCUT2D eigenvalue weighted by Crippen LogP contribution is 2.16. The normalized spacial score (nSPS) is 15.2. The minimum Gasteiger partial charge on any atom is -0.377 e. The minimum absolute atomic E-state index is 0.247. The lowest BCUT2D eigenvalue weighted by Gasteiger charge is -2.27. The molecule has 1 aromatic heterocycles. The van der Waals surface area contributed by atoms with Crippen LogP contribution in [0.2, 0.25) is 0 Å². The number of hydrogen-bond donors (Lipinski definition) is 2. The van der Waals surface area contributed by atoms with Crippen LogP contribution in [0, 0.1) is 11.3 Å². The van der Waals surface area contributed by atoms with Gasteiger partial charge in [-0.15, -0.1) is 0 Å². The van der Waals surface area contributed by atoms with Crippen molar-refractivity contribution < 1.29 is 4.74 Å². The van der Waals surface area contributed by atoms with Gasteiger partial charge in [0.05, 0.1) is 25.5 Å². The second-order valence-corrected chi connectivity index (χ2v) is 3.20. The first kappa shape index (κ1) is 9.68. The molecule has 1 aliphatic heterocycles. The highest BCUT2D eigenvalue weighted by molar-refractivity contribution is 5.53. The molecule has 0 spiro atoms. The maximum atomic E-state index is 8.86. The summed E-state index contributed by atoms with van der Waals surface area (Å²) in [6.45, 7) is 1.31. The Kier molecular flexibility index (Phi) is 2.65. The minimum atomic E-state index is 0.247. The number of anilines is 2. The standard InChI is InChI=1S/C9H11N5O/c1-11-9-12-3-6(2-10)8(14-9)13-7-4-15-5-7/h3,7H,4-5H2,1H3,(H2,11,12,13,14). The number of aromatic nitrogens is 2. The number of rotatable bonds is 3. The van der Waals surface area contributed by atoms with E-state index in [0.29, 0.717) is 30.5 Å². The predicted molar refractivity (Wildman–Crippen MR) is 54.5 cm³/mol. The summed E-state index contributed by atoms with van der Waals surface area (Å²) >= 11 is 0. The van der Waals surface area contributed by atoms with Crippen molar-refractivity contribution in [3.63, 3.8) is 0 Å². The van der Waals surface area contributed by atoms with Crippen LogP contribution in [-0.4, -0.2) is 36.3 Å². The number of nitriles is 1. The molecule has 0 radical (unpaired) electrons. The molecule has 0 bridgehead atoms. The molecule has 1 aromatic rings. The van der Waals surface area contributed by atoms with Gasteiger partial charge in [-0.25, -0.2) is 4.98 Å². The fourth-order valence-electron chi connectivity index (χ4n) is 1.21. The van der Waals surface area contributed by atoms with Crippen molar-refractivity contribution in [2.24, 2.45) is 0 Å². The zero-order chi connectivity index (χ0) is 10.7. The first-order valence-corrected chi connectivity index (χ1v) is 4.62. The lowest BCUT2D eigenvalue weighted by Crippen LogP contribution is -2.40. The SMILES string of the molecule is CNc1ncc(C#N)c(NC2COC2)n1. The molecule has 0 atom stereocenters. The van der Waals surface area contributed by atoms with Crippen LogP contribution in [0.1, 0.15) is 5.56 Å². The van der Waals surface area contributed by atoms with Crippen molar-refractivity contribution in [3.8, 4) is 6.07 Å². The molecule has 1 aliphatic rings. The van der Waals surface area contributed by atoms with Crippen molar-refractivity contribution in [1.29, 1.82) is 5.26 Å². The molecule has 0 aromatic carbocycles. The van der Waals surface area contributed by atoms with E-state index in [2.05, 4.69) is 20.6 Å². The molecular formula is C9H11N5O. The summed E-state index contributed by atoms with van der Waals surface area (Å²) in [7, 11) is 1.73. The molecule has 6 heteroatoms. The van der Waals surface area contributed by atoms with E-state index in [1.54, 1.807) is 7.05 Å². The van der Waals surface area contributed by atoms with Crippen LogP contribution in [0.15, 0.2) is 6.20 Å². The predicted octanol–water partition coefficient (Wildman–Crippen LogP) is 0.201. The molecule has 2 N–H and O–H groups in total. The van der Waals surface area contributed by atoms with Gasteiger partial charge in [0.1, 0.15) is 17.5 Å². The average Bonchev–Trinajstić information content (AvgIpc) is 2.23. The summed E-state index contributed by atoms with van der Waals surface area (Å²) < 4.78 is 5.03. The summed E-state index contributed by atoms with van der Waals surface area (Å²) in [5.41, 5.74) is 0.445. The lowest BCUT2D eigenvalue weighted by molar-refractivity contribution is 0.0209. The maximum absolute atomic E-state index is 8.86. The summed E-state index contributed by atoms with van der Waals surface area (Å²) in [5.74, 6) is 1.06. The second kappa shape index (κ2) is 4.11. The average molecular weight is 205 g/mol. The maximum Gasteiger partial charge on any atom is 0.224 e. The van der Waals surface area contributed by atoms with Crippen molar-refractivity contribution >= 4 is 11.8 Å². The molecule has 6 nitrogen and oxygen atoms in total. The van der Waals surface area contributed by atoms with Crippen LogP contribution in [0.4, 0.5) is 11.8 Å². The Labute approximate surface area is 87.3 Å². The van der Waals surface area contributed by atoms with E-state index in [1.807, 2.05) is 6.07 Å². The van der Waals surface area contributed by atoms with Crippen LogP contribution in [0.25, 0.3) is 0 Å². The molecule has 0 unspecified atom stereocenters. The molecule has 1 saturated heterocycles. The van der Waals surface area contributed by atoms with Gasteiger partial charge >= 0.3 is 0 Å². The fraction of sp³-hybridized carbons (Fsp3) is 0.444. The molecule has 2 heterocycles. The van der Waals surface area contributed by atoms with E-state index in [9.17, 15) is 0 Å². The molecule has 0 aliphatic carbocycles. The van der Waals surface area contributed by atoms with Gasteiger partial charge in [-0.2, -0.15) is 10.2 Å². The van der Waals surface area contributed by atoms with E-state index in [4.69, 9.17) is 10.00 Å². The Hall–Kier alpha value is -1.87. The third-order valence-corrected chi connectivity index (χ3v) is 2.11. The van der Waals surface area contributed by atoms with Gasteiger partial charge in [0, 0.05) is 7.05 Å². The Morgan fingerprint density at radius 1 is 1.60 bits per heavy atom. The van der Waals surface area contributed by atoms with E-state index >= 15 is 0 Å². The number of hydrogen-bond acceptors (Lipinski definition) is 6. The zero-order valence-corrected chi connectivity index (χ0v) is 8.32. The fourth-order valence-corrected chi connectivity index (χ4v) is 1.21. The van der Waals surface area contributed by atoms with E-state index in [0.717, 1.165) is 0 Å². The first-order chi connectivity index (χ1) is 7.33. The Morgan fingerprint density at radius 2 is 2.40 bits per heavy atom. The highest BCUT2D eigenvalue weighted by Gasteiger charge is 2.20. The van der Waals surface area contributed by atoms with E-state index in [1.165, 1.54) is 6.20 Å². The largest absolute Gasteiger partial charge is 0.377 e. The van der Waals surface area contributed by atoms with Crippen LogP contribution in [0.3, 0.4) is 0 Å². The van der Waals surface area contributed by atoms with Gasteiger partial charge < -0.3 is 15.4 Å². The summed E-state index contributed by atoms with van der Waals surface area (Å²) in [4.78, 5) is 8.14. The first-order valence-electron chi connectivity index (χ1n) is 4.62. The molecule has 2 rings (SSSR count). The molecular weight excluding hydrogens is 194 g/mol. The van der Waals surface area contributed by atoms with Crippen LogP contribution in [0.5, 0.6) is 0 Å². The van der Waals surface area contributed by atoms with Crippen LogP contribution in [-0.2, 0) is 4.74 Å². The monoisotopic (exact) mass is 205 g/mol. The van der Waals surface area contributed by atoms with Crippen molar-refractivity contribution in [2.45, 2.75) is 6.04 Å². The molecule has 1 fully saturated rings. The van der Waals surface area contributed by atoms with Gasteiger partial charge in [-0.3, -0.25) is 0 Å². The molecule has 15 heavy (non-hydrogen) atoms. The van der Waals surface area contributed by atoms with Gasteiger partial charge in [0.15, 0.2) is 0 Å². The zero-order valence-electron chi connectivity index (χ0n) is 8.32. The lowest BCUT2D eigenvalue weighted by atomic mass is 10.2. The number of nitrogens with zero attached hydrogens (tertiary/aromatic N) is 3. The van der Waals surface area contributed by atoms with Crippen molar-refractivity contribution in [3.05, 3.63) is 11.8 Å². The van der Waals surface area contributed by atoms with Gasteiger partial charge in [-0.1, -0.05) is 0 Å². The third-order valence-electron chi connectivity index (χ3n) is 2.11.